The largest absolute Gasteiger partial charge is 0.374 e. The Balaban J connectivity index is 1.38. The molecule has 2 fully saturated rings. The van der Waals surface area contributed by atoms with Crippen LogP contribution in [0.25, 0.3) is 11.2 Å². The zero-order valence-corrected chi connectivity index (χ0v) is 17.9. The number of nitrogens with zero attached hydrogens (tertiary/aromatic N) is 4. The van der Waals surface area contributed by atoms with E-state index >= 15 is 0 Å². The fraction of sp³-hybridized carbons (Fsp3) is 0.476. The highest BCUT2D eigenvalue weighted by atomic mass is 32.2. The van der Waals surface area contributed by atoms with Crippen LogP contribution >= 0.6 is 11.8 Å². The SMILES string of the molecule is CSc1ncnc2c1ncn2[C@@H]1O[C@H](COCc2ccccc2)C2OC(C)(C)OC21. The fourth-order valence-corrected chi connectivity index (χ4v) is 4.54. The molecule has 2 unspecified atom stereocenters. The summed E-state index contributed by atoms with van der Waals surface area (Å²) >= 11 is 1.54. The quantitative estimate of drug-likeness (QED) is 0.437. The molecule has 0 saturated carbocycles. The molecule has 4 atom stereocenters. The van der Waals surface area contributed by atoms with E-state index in [0.717, 1.165) is 21.8 Å². The second kappa shape index (κ2) is 7.90. The molecule has 1 aromatic carbocycles. The number of benzene rings is 1. The second-order valence-electron chi connectivity index (χ2n) is 7.84. The van der Waals surface area contributed by atoms with Gasteiger partial charge in [-0.15, -0.1) is 11.8 Å². The molecule has 2 aliphatic heterocycles. The summed E-state index contributed by atoms with van der Waals surface area (Å²) in [6.07, 6.45) is 4.08. The first-order valence-corrected chi connectivity index (χ1v) is 11.1. The lowest BCUT2D eigenvalue weighted by Gasteiger charge is -2.24. The minimum atomic E-state index is -0.690. The Labute approximate surface area is 178 Å². The molecule has 30 heavy (non-hydrogen) atoms. The molecular weight excluding hydrogens is 404 g/mol. The van der Waals surface area contributed by atoms with E-state index in [9.17, 15) is 0 Å². The topological polar surface area (TPSA) is 80.5 Å². The number of rotatable bonds is 6. The lowest BCUT2D eigenvalue weighted by atomic mass is 10.1. The number of ether oxygens (including phenoxy) is 4. The molecule has 8 nitrogen and oxygen atoms in total. The Kier molecular flexibility index (Phi) is 5.24. The van der Waals surface area contributed by atoms with Crippen molar-refractivity contribution in [1.29, 1.82) is 0 Å². The van der Waals surface area contributed by atoms with Crippen LogP contribution in [-0.2, 0) is 25.6 Å². The molecule has 3 aromatic rings. The van der Waals surface area contributed by atoms with E-state index in [1.165, 1.54) is 11.8 Å². The number of aromatic nitrogens is 4. The van der Waals surface area contributed by atoms with Gasteiger partial charge in [0.25, 0.3) is 0 Å². The Hall–Kier alpha value is -2.04. The number of thioether (sulfide) groups is 1. The van der Waals surface area contributed by atoms with Gasteiger partial charge in [0, 0.05) is 0 Å². The molecule has 0 radical (unpaired) electrons. The predicted octanol–water partition coefficient (Wildman–Crippen LogP) is 3.18. The maximum absolute atomic E-state index is 6.37. The van der Waals surface area contributed by atoms with E-state index in [2.05, 4.69) is 15.0 Å². The van der Waals surface area contributed by atoms with Gasteiger partial charge in [0.2, 0.25) is 0 Å². The number of hydrogen-bond acceptors (Lipinski definition) is 8. The van der Waals surface area contributed by atoms with Crippen LogP contribution in [0, 0.1) is 0 Å². The van der Waals surface area contributed by atoms with Gasteiger partial charge in [0.05, 0.1) is 19.5 Å². The van der Waals surface area contributed by atoms with E-state index in [-0.39, 0.29) is 18.3 Å². The van der Waals surface area contributed by atoms with Gasteiger partial charge < -0.3 is 18.9 Å². The summed E-state index contributed by atoms with van der Waals surface area (Å²) in [4.78, 5) is 13.3. The molecule has 0 aliphatic carbocycles. The summed E-state index contributed by atoms with van der Waals surface area (Å²) in [6.45, 7) is 4.77. The monoisotopic (exact) mass is 428 g/mol. The molecule has 158 valence electrons. The van der Waals surface area contributed by atoms with E-state index in [0.29, 0.717) is 13.2 Å². The van der Waals surface area contributed by atoms with Crippen molar-refractivity contribution in [2.75, 3.05) is 12.9 Å². The molecule has 5 rings (SSSR count). The Morgan fingerprint density at radius 2 is 1.90 bits per heavy atom. The first-order valence-electron chi connectivity index (χ1n) is 9.90. The van der Waals surface area contributed by atoms with Crippen molar-refractivity contribution in [2.24, 2.45) is 0 Å². The lowest BCUT2D eigenvalue weighted by molar-refractivity contribution is -0.202. The van der Waals surface area contributed by atoms with E-state index in [1.54, 1.807) is 12.7 Å². The summed E-state index contributed by atoms with van der Waals surface area (Å²) in [5, 5.41) is 0.833. The summed E-state index contributed by atoms with van der Waals surface area (Å²) < 4.78 is 26.6. The second-order valence-corrected chi connectivity index (χ2v) is 8.63. The molecule has 2 saturated heterocycles. The van der Waals surface area contributed by atoms with Crippen molar-refractivity contribution in [1.82, 2.24) is 19.5 Å². The first-order chi connectivity index (χ1) is 14.6. The van der Waals surface area contributed by atoms with Crippen molar-refractivity contribution in [2.45, 2.75) is 55.8 Å². The average Bonchev–Trinajstić information content (AvgIpc) is 3.40. The molecule has 0 spiro atoms. The van der Waals surface area contributed by atoms with Crippen LogP contribution in [0.1, 0.15) is 25.6 Å². The van der Waals surface area contributed by atoms with Crippen molar-refractivity contribution in [3.05, 3.63) is 48.5 Å². The smallest absolute Gasteiger partial charge is 0.166 e. The Morgan fingerprint density at radius 3 is 2.70 bits per heavy atom. The standard InChI is InChI=1S/C21H24N4O4S/c1-21(2)28-16-14(10-26-9-13-7-5-4-6-8-13)27-20(17(16)29-21)25-12-24-15-18(25)22-11-23-19(15)30-3/h4-8,11-12,14,16-17,20H,9-10H2,1-3H3/t14-,16?,17?,20-/m1/s1. The number of fused-ring (bicyclic) bond motifs is 2. The molecule has 0 amide bonds. The summed E-state index contributed by atoms with van der Waals surface area (Å²) in [6, 6.07) is 10.1. The van der Waals surface area contributed by atoms with E-state index in [1.807, 2.05) is 55.0 Å². The van der Waals surface area contributed by atoms with Gasteiger partial charge in [0.1, 0.15) is 35.2 Å². The van der Waals surface area contributed by atoms with E-state index in [4.69, 9.17) is 18.9 Å². The van der Waals surface area contributed by atoms with Crippen LogP contribution in [0.15, 0.2) is 48.0 Å². The number of imidazole rings is 1. The highest BCUT2D eigenvalue weighted by Crippen LogP contribution is 2.44. The summed E-state index contributed by atoms with van der Waals surface area (Å²) in [5.74, 6) is -0.690. The van der Waals surface area contributed by atoms with Crippen LogP contribution in [-0.4, -0.2) is 56.5 Å². The predicted molar refractivity (Wildman–Crippen MR) is 111 cm³/mol. The lowest BCUT2D eigenvalue weighted by Crippen LogP contribution is -2.32. The summed E-state index contributed by atoms with van der Waals surface area (Å²) in [7, 11) is 0. The number of hydrogen-bond donors (Lipinski definition) is 0. The molecule has 9 heteroatoms. The van der Waals surface area contributed by atoms with Crippen LogP contribution in [0.5, 0.6) is 0 Å². The molecule has 4 heterocycles. The molecular formula is C21H24N4O4S. The highest BCUT2D eigenvalue weighted by molar-refractivity contribution is 7.98. The Morgan fingerprint density at radius 1 is 1.10 bits per heavy atom. The third kappa shape index (κ3) is 3.61. The van der Waals surface area contributed by atoms with Gasteiger partial charge in [-0.25, -0.2) is 15.0 Å². The fourth-order valence-electron chi connectivity index (χ4n) is 4.05. The van der Waals surface area contributed by atoms with Crippen LogP contribution in [0.3, 0.4) is 0 Å². The van der Waals surface area contributed by atoms with Crippen molar-refractivity contribution in [3.63, 3.8) is 0 Å². The minimum absolute atomic E-state index is 0.236. The molecule has 0 bridgehead atoms. The maximum atomic E-state index is 6.37. The van der Waals surface area contributed by atoms with Crippen molar-refractivity contribution in [3.8, 4) is 0 Å². The third-order valence-corrected chi connectivity index (χ3v) is 6.00. The van der Waals surface area contributed by atoms with Gasteiger partial charge in [-0.1, -0.05) is 30.3 Å². The molecule has 2 aliphatic rings. The highest BCUT2D eigenvalue weighted by Gasteiger charge is 2.56. The summed E-state index contributed by atoms with van der Waals surface area (Å²) in [5.41, 5.74) is 2.60. The van der Waals surface area contributed by atoms with Gasteiger partial charge in [-0.2, -0.15) is 0 Å². The van der Waals surface area contributed by atoms with Crippen molar-refractivity contribution >= 4 is 22.9 Å². The minimum Gasteiger partial charge on any atom is -0.374 e. The first kappa shape index (κ1) is 19.9. The van der Waals surface area contributed by atoms with Crippen LogP contribution < -0.4 is 0 Å². The van der Waals surface area contributed by atoms with Gasteiger partial charge in [-0.3, -0.25) is 4.57 Å². The van der Waals surface area contributed by atoms with Crippen LogP contribution in [0.4, 0.5) is 0 Å². The van der Waals surface area contributed by atoms with Gasteiger partial charge >= 0.3 is 0 Å². The zero-order valence-electron chi connectivity index (χ0n) is 17.1. The molecule has 2 aromatic heterocycles. The average molecular weight is 429 g/mol. The van der Waals surface area contributed by atoms with Crippen LogP contribution in [0.2, 0.25) is 0 Å². The van der Waals surface area contributed by atoms with Crippen molar-refractivity contribution < 1.29 is 18.9 Å². The van der Waals surface area contributed by atoms with Gasteiger partial charge in [-0.05, 0) is 25.7 Å². The molecule has 0 N–H and O–H groups in total. The normalized spacial score (nSPS) is 27.6. The zero-order chi connectivity index (χ0) is 20.7. The van der Waals surface area contributed by atoms with Gasteiger partial charge in [0.15, 0.2) is 17.7 Å². The third-order valence-electron chi connectivity index (χ3n) is 5.31. The Bertz CT molecular complexity index is 1030. The van der Waals surface area contributed by atoms with E-state index < -0.39 is 12.0 Å². The maximum Gasteiger partial charge on any atom is 0.166 e.